The Morgan fingerprint density at radius 3 is 1.10 bits per heavy atom. The van der Waals surface area contributed by atoms with Crippen LogP contribution in [0, 0.1) is 0 Å². The lowest BCUT2D eigenvalue weighted by Gasteiger charge is -2.42. The van der Waals surface area contributed by atoms with E-state index in [1.165, 1.54) is 26.7 Å². The van der Waals surface area contributed by atoms with Crippen LogP contribution in [0.2, 0.25) is 0 Å². The lowest BCUT2D eigenvalue weighted by Crippen LogP contribution is -2.62. The predicted molar refractivity (Wildman–Crippen MR) is 429 cm³/mol. The molecular weight excluding hydrogens is 1700 g/mol. The molecule has 1 saturated heterocycles. The van der Waals surface area contributed by atoms with Crippen molar-refractivity contribution in [1.82, 2.24) is 60.9 Å². The zero-order valence-electron chi connectivity index (χ0n) is 70.5. The number of hydrogen-bond donors (Lipinski definition) is 28. The Morgan fingerprint density at radius 2 is 0.730 bits per heavy atom. The van der Waals surface area contributed by atoms with Gasteiger partial charge in [-0.25, -0.2) is 0 Å². The average molecular weight is 1840 g/mol. The van der Waals surface area contributed by atoms with Crippen molar-refractivity contribution < 1.29 is 208 Å². The molecule has 0 aromatic heterocycles. The topological polar surface area (TPSA) is 841 Å². The van der Waals surface area contributed by atoms with Gasteiger partial charge in [0.05, 0.1) is 111 Å². The van der Waals surface area contributed by atoms with Crippen molar-refractivity contribution in [3.63, 3.8) is 0 Å². The van der Waals surface area contributed by atoms with E-state index >= 15 is 0 Å². The van der Waals surface area contributed by atoms with Gasteiger partial charge in [-0.1, -0.05) is 19.3 Å². The van der Waals surface area contributed by atoms with E-state index in [9.17, 15) is 134 Å². The maximum Gasteiger partial charge on any atom is 0.320 e. The zero-order valence-corrected chi connectivity index (χ0v) is 70.5. The molecule has 1 aliphatic rings. The first-order valence-corrected chi connectivity index (χ1v) is 39.8. The number of aliphatic hydroxyl groups excluding tert-OH is 8. The molecule has 0 aromatic rings. The van der Waals surface area contributed by atoms with Crippen molar-refractivity contribution in [3.8, 4) is 0 Å². The van der Waals surface area contributed by atoms with Gasteiger partial charge in [0.15, 0.2) is 6.29 Å². The highest BCUT2D eigenvalue weighted by Crippen LogP contribution is 2.26. The number of unbranched alkanes of at least 4 members (excludes halogenated alkanes) is 4. The highest BCUT2D eigenvalue weighted by Gasteiger charge is 2.47. The van der Waals surface area contributed by atoms with Gasteiger partial charge in [-0.15, -0.1) is 0 Å². The number of methoxy groups -OCH3 is 1. The number of carboxylic acid groups (broad SMARTS) is 15. The van der Waals surface area contributed by atoms with Crippen molar-refractivity contribution in [2.45, 2.75) is 144 Å². The smallest absolute Gasteiger partial charge is 0.320 e. The fraction of sp³-hybridized carbons (Fsp3) is 0.792. The molecular formula is C72H132N12O42. The number of carboxylic acids is 15. The summed E-state index contributed by atoms with van der Waals surface area (Å²) in [7, 11) is 1.25. The summed E-state index contributed by atoms with van der Waals surface area (Å²) in [6.45, 7) is -3.31. The molecule has 1 aliphatic heterocycles. The van der Waals surface area contributed by atoms with Gasteiger partial charge in [-0.05, 0) is 58.2 Å². The Labute approximate surface area is 724 Å². The van der Waals surface area contributed by atoms with E-state index in [2.05, 4.69) is 26.6 Å². The molecule has 12 atom stereocenters. The Balaban J connectivity index is -0.00000212. The highest BCUT2D eigenvalue weighted by atomic mass is 16.7. The third-order valence-corrected chi connectivity index (χ3v) is 17.6. The van der Waals surface area contributed by atoms with E-state index in [1.807, 2.05) is 0 Å². The molecule has 126 heavy (non-hydrogen) atoms. The molecule has 1 rings (SSSR count). The second-order valence-electron chi connectivity index (χ2n) is 28.6. The summed E-state index contributed by atoms with van der Waals surface area (Å²) in [6.07, 6.45) is -12.3. The van der Waals surface area contributed by atoms with Crippen LogP contribution in [0.15, 0.2) is 0 Å². The number of aliphatic carboxylic acids is 15. The molecule has 1 heterocycles. The van der Waals surface area contributed by atoms with Crippen molar-refractivity contribution in [1.29, 1.82) is 0 Å². The van der Waals surface area contributed by atoms with Crippen LogP contribution < -0.4 is 26.6 Å². The molecule has 12 unspecified atom stereocenters. The lowest BCUT2D eigenvalue weighted by molar-refractivity contribution is -0.328. The molecule has 0 aromatic carbocycles. The molecule has 0 radical (unpaired) electrons. The molecule has 0 spiro atoms. The number of hydrogen-bond acceptors (Lipinski definition) is 39. The molecule has 28 N–H and O–H groups in total. The minimum Gasteiger partial charge on any atom is -0.481 e. The average Bonchev–Trinajstić information content (AvgIpc) is 0.803. The van der Waals surface area contributed by atoms with Gasteiger partial charge < -0.3 is 163 Å². The Morgan fingerprint density at radius 1 is 0.373 bits per heavy atom. The monoisotopic (exact) mass is 1840 g/mol. The Bertz CT molecular complexity index is 2980. The SMILES string of the molecule is CC(=O)O.COCC(O)C(OC1OC(COCC(O)CNCCCCC(C(=O)O)N(CCN(CC(=O)O)CC(=O)O)CCN(CC(=O)O)CC(=O)O)C(O)C(O)C1O)C(O)C(O)CNCCCCCC(=O)O.O=C(O)CN(CCNCCN(CC(=O)O)CC(=O)O)CC(=O)O.O=C(O)CNCCN(CCN(CC(=O)O)CC(=O)O)C(CCCCNCCO)C(=O)O. The molecule has 54 nitrogen and oxygen atoms in total. The molecule has 732 valence electrons. The second kappa shape index (κ2) is 73.0. The van der Waals surface area contributed by atoms with Gasteiger partial charge >= 0.3 is 83.6 Å². The van der Waals surface area contributed by atoms with E-state index in [0.29, 0.717) is 64.6 Å². The summed E-state index contributed by atoms with van der Waals surface area (Å²) in [5, 5.41) is 232. The maximum absolute atomic E-state index is 12.5. The third kappa shape index (κ3) is 67.4. The van der Waals surface area contributed by atoms with Gasteiger partial charge in [0.25, 0.3) is 5.97 Å². The number of nitrogens with zero attached hydrogens (tertiary/aromatic N) is 7. The van der Waals surface area contributed by atoms with E-state index in [0.717, 1.165) is 16.7 Å². The van der Waals surface area contributed by atoms with Crippen LogP contribution in [0.5, 0.6) is 0 Å². The Kier molecular flexibility index (Phi) is 70.3. The van der Waals surface area contributed by atoms with Crippen molar-refractivity contribution in [2.75, 3.05) is 223 Å². The van der Waals surface area contributed by atoms with Gasteiger partial charge in [-0.3, -0.25) is 106 Å². The van der Waals surface area contributed by atoms with Gasteiger partial charge in [0.1, 0.15) is 54.8 Å². The van der Waals surface area contributed by atoms with Crippen molar-refractivity contribution in [2.24, 2.45) is 0 Å². The first-order chi connectivity index (χ1) is 59.2. The number of nitrogens with one attached hydrogen (secondary N) is 5. The van der Waals surface area contributed by atoms with E-state index < -0.39 is 235 Å². The fourth-order valence-corrected chi connectivity index (χ4v) is 11.9. The number of ether oxygens (including phenoxy) is 4. The number of rotatable bonds is 77. The summed E-state index contributed by atoms with van der Waals surface area (Å²) < 4.78 is 21.8. The molecule has 0 bridgehead atoms. The summed E-state index contributed by atoms with van der Waals surface area (Å²) in [4.78, 5) is 173. The lowest BCUT2D eigenvalue weighted by atomic mass is 9.98. The highest BCUT2D eigenvalue weighted by molar-refractivity contribution is 5.76. The summed E-state index contributed by atoms with van der Waals surface area (Å²) in [5.74, 6) is -17.4. The predicted octanol–water partition coefficient (Wildman–Crippen LogP) is -10.8. The van der Waals surface area contributed by atoms with Crippen LogP contribution in [0.4, 0.5) is 0 Å². The van der Waals surface area contributed by atoms with Gasteiger partial charge in [0.2, 0.25) is 0 Å². The van der Waals surface area contributed by atoms with Crippen LogP contribution in [-0.2, 0) is 90.9 Å². The maximum atomic E-state index is 12.5. The van der Waals surface area contributed by atoms with Crippen LogP contribution in [0.1, 0.15) is 71.1 Å². The molecule has 0 saturated carbocycles. The summed E-state index contributed by atoms with van der Waals surface area (Å²) >= 11 is 0. The van der Waals surface area contributed by atoms with Crippen LogP contribution >= 0.6 is 0 Å². The Hall–Kier alpha value is -8.91. The van der Waals surface area contributed by atoms with E-state index in [1.54, 1.807) is 4.90 Å². The number of aliphatic hydroxyl groups is 8. The minimum atomic E-state index is -1.90. The third-order valence-electron chi connectivity index (χ3n) is 17.6. The van der Waals surface area contributed by atoms with E-state index in [-0.39, 0.29) is 144 Å². The normalized spacial score (nSPS) is 16.7. The first-order valence-electron chi connectivity index (χ1n) is 39.8. The molecule has 0 amide bonds. The van der Waals surface area contributed by atoms with E-state index in [4.69, 9.17) is 74.8 Å². The van der Waals surface area contributed by atoms with Crippen LogP contribution in [0.25, 0.3) is 0 Å². The minimum absolute atomic E-state index is 0.0120. The first kappa shape index (κ1) is 121. The molecule has 0 aliphatic carbocycles. The van der Waals surface area contributed by atoms with Crippen LogP contribution in [-0.4, -0.2) is 538 Å². The quantitative estimate of drug-likeness (QED) is 0.0251. The zero-order chi connectivity index (χ0) is 96.4. The largest absolute Gasteiger partial charge is 0.481 e. The number of carbonyl (C=O) groups is 15. The van der Waals surface area contributed by atoms with Gasteiger partial charge in [0, 0.05) is 119 Å². The molecule has 1 fully saturated rings. The van der Waals surface area contributed by atoms with Crippen molar-refractivity contribution in [3.05, 3.63) is 0 Å². The molecule has 54 heteroatoms. The van der Waals surface area contributed by atoms with Crippen LogP contribution in [0.3, 0.4) is 0 Å². The fourth-order valence-electron chi connectivity index (χ4n) is 11.9. The summed E-state index contributed by atoms with van der Waals surface area (Å²) in [5.41, 5.74) is 0. The van der Waals surface area contributed by atoms with Crippen molar-refractivity contribution >= 4 is 89.5 Å². The van der Waals surface area contributed by atoms with Gasteiger partial charge in [-0.2, -0.15) is 0 Å². The summed E-state index contributed by atoms with van der Waals surface area (Å²) in [6, 6.07) is -2.11. The second-order valence-corrected chi connectivity index (χ2v) is 28.6. The standard InChI is InChI=1S/C40H73N5O23.C18H34N4O9.C12H21N3O8.C2H4O2/c1-65-22-27(48)38(34(59)26(47)16-42-9-5-2-3-8-29(49)50)68-40-37(62)36(61)35(60)28(67-40)23-66-21-24(46)15-41-10-6-4-7-25(39(63)64)45(13-11-43(17-30(51)52)18-31(53)54)14-12-44(19-32(55)56)20-33(57)58;23-10-6-19-4-2-1-3-14(18(30)31)22(7-5-20-11-15(24)25)9-8-21(12-16(26)27)13-17(28)29;16-9(17)5-14(6-10(18)19)3-1-13-2-4-15(7-11(20)21)8-12(22)23;1-2(3)4/h24-28,34-38,40-42,46-48,59-62H,2-23H2,1H3,(H,49,50)(H,51,52)(H,53,54)(H,55,56)(H,57,58)(H,63,64);14,19-20,23H,1-13H2,(H,24,25)(H,26,27)(H,28,29)(H,30,31);13H,1-8H2,(H,16,17)(H,18,19)(H,20,21)(H,22,23);1H3,(H,3,4).